The molecule has 13 heavy (non-hydrogen) atoms. The van der Waals surface area contributed by atoms with Gasteiger partial charge in [0.2, 0.25) is 0 Å². The van der Waals surface area contributed by atoms with Crippen LogP contribution < -0.4 is 0 Å². The van der Waals surface area contributed by atoms with Gasteiger partial charge < -0.3 is 4.57 Å². The SMILES string of the molecule is CN(C)Cn1ccc2c1C=CCC2. The first kappa shape index (κ1) is 8.57. The molecule has 0 fully saturated rings. The average molecular weight is 176 g/mol. The maximum Gasteiger partial charge on any atom is 0.0745 e. The first-order chi connectivity index (χ1) is 6.27. The zero-order valence-corrected chi connectivity index (χ0v) is 8.33. The van der Waals surface area contributed by atoms with E-state index in [4.69, 9.17) is 0 Å². The van der Waals surface area contributed by atoms with Crippen LogP contribution in [0, 0.1) is 0 Å². The Bertz CT molecular complexity index is 321. The van der Waals surface area contributed by atoms with Gasteiger partial charge in [0.25, 0.3) is 0 Å². The lowest BCUT2D eigenvalue weighted by Crippen LogP contribution is -2.17. The van der Waals surface area contributed by atoms with E-state index in [0.717, 1.165) is 6.67 Å². The van der Waals surface area contributed by atoms with Crippen molar-refractivity contribution >= 4 is 6.08 Å². The minimum atomic E-state index is 0.972. The highest BCUT2D eigenvalue weighted by atomic mass is 15.2. The molecular weight excluding hydrogens is 160 g/mol. The van der Waals surface area contributed by atoms with E-state index in [1.54, 1.807) is 0 Å². The van der Waals surface area contributed by atoms with Crippen LogP contribution in [0.1, 0.15) is 17.7 Å². The number of nitrogens with zero attached hydrogens (tertiary/aromatic N) is 2. The number of rotatable bonds is 2. The van der Waals surface area contributed by atoms with Gasteiger partial charge in [-0.1, -0.05) is 6.08 Å². The maximum atomic E-state index is 2.30. The van der Waals surface area contributed by atoms with Crippen molar-refractivity contribution in [3.05, 3.63) is 29.6 Å². The van der Waals surface area contributed by atoms with Crippen LogP contribution in [-0.2, 0) is 13.1 Å². The van der Waals surface area contributed by atoms with E-state index in [-0.39, 0.29) is 0 Å². The third kappa shape index (κ3) is 1.68. The summed E-state index contributed by atoms with van der Waals surface area (Å²) in [4.78, 5) is 2.18. The molecule has 0 aromatic carbocycles. The first-order valence-electron chi connectivity index (χ1n) is 4.76. The van der Waals surface area contributed by atoms with Crippen molar-refractivity contribution in [3.8, 4) is 0 Å². The highest BCUT2D eigenvalue weighted by Crippen LogP contribution is 2.20. The summed E-state index contributed by atoms with van der Waals surface area (Å²) in [5, 5.41) is 0. The van der Waals surface area contributed by atoms with Crippen LogP contribution in [0.3, 0.4) is 0 Å². The zero-order valence-electron chi connectivity index (χ0n) is 8.33. The second kappa shape index (κ2) is 3.38. The van der Waals surface area contributed by atoms with E-state index in [2.05, 4.69) is 48.0 Å². The minimum Gasteiger partial charge on any atom is -0.334 e. The van der Waals surface area contributed by atoms with Gasteiger partial charge in [-0.2, -0.15) is 0 Å². The first-order valence-corrected chi connectivity index (χ1v) is 4.76. The highest BCUT2D eigenvalue weighted by molar-refractivity contribution is 5.53. The van der Waals surface area contributed by atoms with Crippen molar-refractivity contribution in [1.82, 2.24) is 9.47 Å². The minimum absolute atomic E-state index is 0.972. The van der Waals surface area contributed by atoms with E-state index in [1.807, 2.05) is 0 Å². The van der Waals surface area contributed by atoms with Crippen LogP contribution in [0.15, 0.2) is 18.3 Å². The molecule has 0 saturated heterocycles. The lowest BCUT2D eigenvalue weighted by Gasteiger charge is -2.15. The standard InChI is InChI=1S/C11H16N2/c1-12(2)9-13-8-7-10-5-3-4-6-11(10)13/h4,6-8H,3,5,9H2,1-2H3. The lowest BCUT2D eigenvalue weighted by molar-refractivity contribution is 0.326. The monoisotopic (exact) mass is 176 g/mol. The molecule has 0 aliphatic heterocycles. The number of fused-ring (bicyclic) bond motifs is 1. The van der Waals surface area contributed by atoms with Crippen LogP contribution >= 0.6 is 0 Å². The summed E-state index contributed by atoms with van der Waals surface area (Å²) in [7, 11) is 4.19. The smallest absolute Gasteiger partial charge is 0.0745 e. The normalized spacial score (nSPS) is 15.0. The summed E-state index contributed by atoms with van der Waals surface area (Å²) < 4.78 is 2.30. The Morgan fingerprint density at radius 3 is 3.08 bits per heavy atom. The number of aryl methyl sites for hydroxylation is 1. The van der Waals surface area contributed by atoms with Gasteiger partial charge in [-0.25, -0.2) is 0 Å². The van der Waals surface area contributed by atoms with Crippen molar-refractivity contribution in [2.45, 2.75) is 19.5 Å². The molecule has 0 saturated carbocycles. The van der Waals surface area contributed by atoms with Crippen LogP contribution in [0.5, 0.6) is 0 Å². The second-order valence-electron chi connectivity index (χ2n) is 3.86. The molecule has 1 aliphatic rings. The lowest BCUT2D eigenvalue weighted by atomic mass is 10.1. The van der Waals surface area contributed by atoms with Gasteiger partial charge in [-0.3, -0.25) is 4.90 Å². The molecule has 2 nitrogen and oxygen atoms in total. The highest BCUT2D eigenvalue weighted by Gasteiger charge is 2.08. The molecule has 0 atom stereocenters. The van der Waals surface area contributed by atoms with Gasteiger partial charge >= 0.3 is 0 Å². The predicted octanol–water partition coefficient (Wildman–Crippen LogP) is 1.97. The number of allylic oxidation sites excluding steroid dienone is 1. The van der Waals surface area contributed by atoms with E-state index in [9.17, 15) is 0 Å². The molecule has 1 aromatic rings. The summed E-state index contributed by atoms with van der Waals surface area (Å²) in [6, 6.07) is 2.24. The summed E-state index contributed by atoms with van der Waals surface area (Å²) in [6.45, 7) is 0.972. The molecule has 0 radical (unpaired) electrons. The van der Waals surface area contributed by atoms with Gasteiger partial charge in [0, 0.05) is 11.9 Å². The molecule has 2 heteroatoms. The molecule has 0 bridgehead atoms. The summed E-state index contributed by atoms with van der Waals surface area (Å²) in [6.07, 6.45) is 9.07. The summed E-state index contributed by atoms with van der Waals surface area (Å²) in [5.41, 5.74) is 2.88. The topological polar surface area (TPSA) is 8.17 Å². The fourth-order valence-corrected chi connectivity index (χ4v) is 1.81. The molecule has 1 heterocycles. The van der Waals surface area contributed by atoms with Crippen LogP contribution in [0.25, 0.3) is 6.08 Å². The molecule has 0 spiro atoms. The van der Waals surface area contributed by atoms with Gasteiger partial charge in [0.15, 0.2) is 0 Å². The fraction of sp³-hybridized carbons (Fsp3) is 0.455. The fourth-order valence-electron chi connectivity index (χ4n) is 1.81. The average Bonchev–Trinajstić information content (AvgIpc) is 2.48. The molecule has 0 unspecified atom stereocenters. The Balaban J connectivity index is 2.28. The Morgan fingerprint density at radius 1 is 1.46 bits per heavy atom. The molecule has 1 aliphatic carbocycles. The van der Waals surface area contributed by atoms with E-state index in [0.29, 0.717) is 0 Å². The van der Waals surface area contributed by atoms with E-state index >= 15 is 0 Å². The van der Waals surface area contributed by atoms with Crippen molar-refractivity contribution in [1.29, 1.82) is 0 Å². The Kier molecular flexibility index (Phi) is 2.23. The molecule has 2 rings (SSSR count). The quantitative estimate of drug-likeness (QED) is 0.669. The van der Waals surface area contributed by atoms with E-state index in [1.165, 1.54) is 24.1 Å². The van der Waals surface area contributed by atoms with Crippen LogP contribution in [0.2, 0.25) is 0 Å². The predicted molar refractivity (Wildman–Crippen MR) is 55.5 cm³/mol. The van der Waals surface area contributed by atoms with Crippen LogP contribution in [0.4, 0.5) is 0 Å². The second-order valence-corrected chi connectivity index (χ2v) is 3.86. The maximum absolute atomic E-state index is 2.30. The zero-order chi connectivity index (χ0) is 9.26. The number of hydrogen-bond acceptors (Lipinski definition) is 1. The van der Waals surface area contributed by atoms with Gasteiger partial charge in [0.1, 0.15) is 0 Å². The molecule has 1 aromatic heterocycles. The molecular formula is C11H16N2. The van der Waals surface area contributed by atoms with Crippen molar-refractivity contribution in [3.63, 3.8) is 0 Å². The van der Waals surface area contributed by atoms with E-state index < -0.39 is 0 Å². The van der Waals surface area contributed by atoms with Crippen molar-refractivity contribution in [2.75, 3.05) is 14.1 Å². The third-order valence-corrected chi connectivity index (χ3v) is 2.39. The molecule has 70 valence electrons. The molecule has 0 N–H and O–H groups in total. The number of hydrogen-bond donors (Lipinski definition) is 0. The van der Waals surface area contributed by atoms with Crippen LogP contribution in [-0.4, -0.2) is 23.6 Å². The number of aromatic nitrogens is 1. The largest absolute Gasteiger partial charge is 0.334 e. The van der Waals surface area contributed by atoms with Gasteiger partial charge in [-0.05, 0) is 44.6 Å². The summed E-state index contributed by atoms with van der Waals surface area (Å²) in [5.74, 6) is 0. The summed E-state index contributed by atoms with van der Waals surface area (Å²) >= 11 is 0. The van der Waals surface area contributed by atoms with Crippen molar-refractivity contribution in [2.24, 2.45) is 0 Å². The Morgan fingerprint density at radius 2 is 2.31 bits per heavy atom. The Labute approximate surface area is 79.5 Å². The van der Waals surface area contributed by atoms with Gasteiger partial charge in [0.05, 0.1) is 6.67 Å². The third-order valence-electron chi connectivity index (χ3n) is 2.39. The van der Waals surface area contributed by atoms with Gasteiger partial charge in [-0.15, -0.1) is 0 Å². The van der Waals surface area contributed by atoms with Crippen molar-refractivity contribution < 1.29 is 0 Å². The Hall–Kier alpha value is -1.02. The molecule has 0 amide bonds.